The Labute approximate surface area is 121 Å². The zero-order chi connectivity index (χ0) is 13.8. The SMILES string of the molecule is N#Cc1ccc(Oc2ncc([N+](=O)[O-])cn2)cc1I. The molecule has 1 heterocycles. The normalized spacial score (nSPS) is 9.68. The van der Waals surface area contributed by atoms with Gasteiger partial charge in [0.05, 0.1) is 10.5 Å². The third-order valence-electron chi connectivity index (χ3n) is 2.10. The van der Waals surface area contributed by atoms with E-state index < -0.39 is 4.92 Å². The molecule has 19 heavy (non-hydrogen) atoms. The molecule has 0 aliphatic rings. The Morgan fingerprint density at radius 1 is 1.37 bits per heavy atom. The lowest BCUT2D eigenvalue weighted by atomic mass is 10.2. The number of hydrogen-bond acceptors (Lipinski definition) is 6. The molecule has 2 aromatic rings. The number of rotatable bonds is 3. The molecular formula is C11H5IN4O3. The van der Waals surface area contributed by atoms with Crippen LogP contribution in [0.2, 0.25) is 0 Å². The van der Waals surface area contributed by atoms with Gasteiger partial charge in [0.2, 0.25) is 0 Å². The molecule has 0 bridgehead atoms. The van der Waals surface area contributed by atoms with Gasteiger partial charge < -0.3 is 4.74 Å². The minimum absolute atomic E-state index is 0.00566. The second-order valence-corrected chi connectivity index (χ2v) is 4.50. The summed E-state index contributed by atoms with van der Waals surface area (Å²) in [5.41, 5.74) is 0.333. The number of nitro groups is 1. The molecule has 0 saturated heterocycles. The number of hydrogen-bond donors (Lipinski definition) is 0. The Kier molecular flexibility index (Phi) is 3.86. The lowest BCUT2D eigenvalue weighted by molar-refractivity contribution is -0.385. The Morgan fingerprint density at radius 3 is 2.58 bits per heavy atom. The molecule has 8 heteroatoms. The van der Waals surface area contributed by atoms with Crippen LogP contribution in [0.1, 0.15) is 5.56 Å². The first-order valence-electron chi connectivity index (χ1n) is 4.94. The molecule has 0 unspecified atom stereocenters. The largest absolute Gasteiger partial charge is 0.424 e. The second kappa shape index (κ2) is 5.57. The van der Waals surface area contributed by atoms with Gasteiger partial charge in [-0.2, -0.15) is 15.2 Å². The van der Waals surface area contributed by atoms with E-state index in [0.29, 0.717) is 11.3 Å². The van der Waals surface area contributed by atoms with Gasteiger partial charge in [0.15, 0.2) is 0 Å². The molecule has 0 radical (unpaired) electrons. The smallest absolute Gasteiger partial charge is 0.322 e. The number of nitriles is 1. The highest BCUT2D eigenvalue weighted by Crippen LogP contribution is 2.23. The van der Waals surface area contributed by atoms with Crippen molar-refractivity contribution in [1.29, 1.82) is 5.26 Å². The summed E-state index contributed by atoms with van der Waals surface area (Å²) in [6.07, 6.45) is 2.13. The molecule has 0 aliphatic carbocycles. The first-order valence-corrected chi connectivity index (χ1v) is 6.02. The first kappa shape index (κ1) is 13.2. The van der Waals surface area contributed by atoms with Gasteiger partial charge in [-0.15, -0.1) is 0 Å². The molecule has 0 spiro atoms. The number of aromatic nitrogens is 2. The highest BCUT2D eigenvalue weighted by molar-refractivity contribution is 14.1. The van der Waals surface area contributed by atoms with Gasteiger partial charge in [0.25, 0.3) is 0 Å². The fourth-order valence-electron chi connectivity index (χ4n) is 1.21. The number of nitrogens with zero attached hydrogens (tertiary/aromatic N) is 4. The highest BCUT2D eigenvalue weighted by atomic mass is 127. The van der Waals surface area contributed by atoms with E-state index in [2.05, 4.69) is 9.97 Å². The van der Waals surface area contributed by atoms with E-state index in [1.807, 2.05) is 28.7 Å². The Balaban J connectivity index is 2.19. The molecule has 0 amide bonds. The predicted octanol–water partition coefficient (Wildman–Crippen LogP) is 2.65. The van der Waals surface area contributed by atoms with E-state index in [-0.39, 0.29) is 11.7 Å². The summed E-state index contributed by atoms with van der Waals surface area (Å²) in [5.74, 6) is 0.456. The Bertz CT molecular complexity index is 667. The molecular weight excluding hydrogens is 363 g/mol. The maximum Gasteiger partial charge on any atom is 0.322 e. The lowest BCUT2D eigenvalue weighted by Crippen LogP contribution is -1.95. The van der Waals surface area contributed by atoms with E-state index in [9.17, 15) is 10.1 Å². The maximum atomic E-state index is 10.4. The van der Waals surface area contributed by atoms with Crippen molar-refractivity contribution in [3.63, 3.8) is 0 Å². The summed E-state index contributed by atoms with van der Waals surface area (Å²) in [6, 6.07) is 6.92. The highest BCUT2D eigenvalue weighted by Gasteiger charge is 2.08. The number of ether oxygens (including phenoxy) is 1. The van der Waals surface area contributed by atoms with Crippen LogP contribution in [-0.2, 0) is 0 Å². The van der Waals surface area contributed by atoms with E-state index in [0.717, 1.165) is 16.0 Å². The minimum Gasteiger partial charge on any atom is -0.424 e. The first-order chi connectivity index (χ1) is 9.10. The average Bonchev–Trinajstić information content (AvgIpc) is 2.39. The summed E-state index contributed by atoms with van der Waals surface area (Å²) in [4.78, 5) is 17.3. The third-order valence-corrected chi connectivity index (χ3v) is 2.99. The van der Waals surface area contributed by atoms with Crippen molar-refractivity contribution in [2.45, 2.75) is 0 Å². The number of benzene rings is 1. The summed E-state index contributed by atoms with van der Waals surface area (Å²) < 4.78 is 6.07. The van der Waals surface area contributed by atoms with Crippen molar-refractivity contribution in [1.82, 2.24) is 9.97 Å². The van der Waals surface area contributed by atoms with Crippen LogP contribution in [0.25, 0.3) is 0 Å². The standard InChI is InChI=1S/C11H5IN4O3/c12-10-3-9(2-1-7(10)4-13)19-11-14-5-8(6-15-11)16(17)18/h1-3,5-6H. The Morgan fingerprint density at radius 2 is 2.05 bits per heavy atom. The van der Waals surface area contributed by atoms with Crippen molar-refractivity contribution in [2.75, 3.05) is 0 Å². The fourth-order valence-corrected chi connectivity index (χ4v) is 1.82. The second-order valence-electron chi connectivity index (χ2n) is 3.34. The van der Waals surface area contributed by atoms with Gasteiger partial charge in [0, 0.05) is 3.57 Å². The van der Waals surface area contributed by atoms with Crippen LogP contribution in [0.3, 0.4) is 0 Å². The minimum atomic E-state index is -0.589. The zero-order valence-corrected chi connectivity index (χ0v) is 11.4. The lowest BCUT2D eigenvalue weighted by Gasteiger charge is -2.04. The van der Waals surface area contributed by atoms with Crippen LogP contribution in [0.5, 0.6) is 11.8 Å². The molecule has 0 fully saturated rings. The van der Waals surface area contributed by atoms with Crippen molar-refractivity contribution < 1.29 is 9.66 Å². The van der Waals surface area contributed by atoms with E-state index in [1.165, 1.54) is 0 Å². The summed E-state index contributed by atoms with van der Waals surface area (Å²) in [5, 5.41) is 19.2. The molecule has 0 saturated carbocycles. The van der Waals surface area contributed by atoms with Crippen molar-refractivity contribution >= 4 is 28.3 Å². The predicted molar refractivity (Wildman–Crippen MR) is 72.6 cm³/mol. The molecule has 7 nitrogen and oxygen atoms in total. The van der Waals surface area contributed by atoms with Gasteiger partial charge in [-0.25, -0.2) is 0 Å². The fraction of sp³-hybridized carbons (Fsp3) is 0. The van der Waals surface area contributed by atoms with Gasteiger partial charge in [0.1, 0.15) is 24.2 Å². The van der Waals surface area contributed by atoms with Crippen LogP contribution < -0.4 is 4.74 Å². The molecule has 0 aliphatic heterocycles. The van der Waals surface area contributed by atoms with Crippen molar-refractivity contribution in [3.05, 3.63) is 49.8 Å². The van der Waals surface area contributed by atoms with E-state index in [1.54, 1.807) is 18.2 Å². The van der Waals surface area contributed by atoms with Crippen molar-refractivity contribution in [2.24, 2.45) is 0 Å². The Hall–Kier alpha value is -2.28. The molecule has 1 aromatic heterocycles. The monoisotopic (exact) mass is 368 g/mol. The molecule has 1 aromatic carbocycles. The van der Waals surface area contributed by atoms with Crippen LogP contribution in [-0.4, -0.2) is 14.9 Å². The summed E-state index contributed by atoms with van der Waals surface area (Å²) in [6.45, 7) is 0. The summed E-state index contributed by atoms with van der Waals surface area (Å²) >= 11 is 2.01. The van der Waals surface area contributed by atoms with Gasteiger partial charge in [-0.3, -0.25) is 10.1 Å². The molecule has 0 N–H and O–H groups in total. The zero-order valence-electron chi connectivity index (χ0n) is 9.28. The molecule has 94 valence electrons. The summed E-state index contributed by atoms with van der Waals surface area (Å²) in [7, 11) is 0. The topological polar surface area (TPSA) is 102 Å². The van der Waals surface area contributed by atoms with Gasteiger partial charge in [-0.05, 0) is 40.8 Å². The number of halogens is 1. The quantitative estimate of drug-likeness (QED) is 0.469. The molecule has 2 rings (SSSR count). The molecule has 0 atom stereocenters. The van der Waals surface area contributed by atoms with Crippen LogP contribution in [0, 0.1) is 25.0 Å². The maximum absolute atomic E-state index is 10.4. The van der Waals surface area contributed by atoms with Crippen LogP contribution in [0.15, 0.2) is 30.6 Å². The van der Waals surface area contributed by atoms with Crippen LogP contribution in [0.4, 0.5) is 5.69 Å². The van der Waals surface area contributed by atoms with E-state index >= 15 is 0 Å². The third kappa shape index (κ3) is 3.14. The van der Waals surface area contributed by atoms with E-state index in [4.69, 9.17) is 10.00 Å². The van der Waals surface area contributed by atoms with Gasteiger partial charge in [-0.1, -0.05) is 0 Å². The van der Waals surface area contributed by atoms with Crippen LogP contribution >= 0.6 is 22.6 Å². The van der Waals surface area contributed by atoms with Gasteiger partial charge >= 0.3 is 11.7 Å². The average molecular weight is 368 g/mol. The van der Waals surface area contributed by atoms with Crippen molar-refractivity contribution in [3.8, 4) is 17.8 Å².